The van der Waals surface area contributed by atoms with Gasteiger partial charge in [0.05, 0.1) is 5.02 Å². The Bertz CT molecular complexity index is 464. The standard InChI is InChI=1S/C14H18ClNO4/c1-2-3-7-11(14(18)19)16-13(17)9-20-12-8-5-4-6-10(12)15/h4-6,8,11H,2-3,7,9H2,1H3,(H,16,17)(H,18,19)/t11-/m0/s1. The van der Waals surface area contributed by atoms with Crippen molar-refractivity contribution in [3.63, 3.8) is 0 Å². The van der Waals surface area contributed by atoms with Gasteiger partial charge in [-0.3, -0.25) is 4.79 Å². The Morgan fingerprint density at radius 2 is 2.10 bits per heavy atom. The maximum Gasteiger partial charge on any atom is 0.326 e. The summed E-state index contributed by atoms with van der Waals surface area (Å²) in [5, 5.41) is 11.8. The highest BCUT2D eigenvalue weighted by Crippen LogP contribution is 2.22. The highest BCUT2D eigenvalue weighted by molar-refractivity contribution is 6.32. The maximum atomic E-state index is 11.7. The molecule has 0 saturated heterocycles. The van der Waals surface area contributed by atoms with Gasteiger partial charge in [-0.1, -0.05) is 43.5 Å². The molecular weight excluding hydrogens is 282 g/mol. The molecule has 20 heavy (non-hydrogen) atoms. The van der Waals surface area contributed by atoms with Crippen LogP contribution < -0.4 is 10.1 Å². The minimum absolute atomic E-state index is 0.264. The van der Waals surface area contributed by atoms with Gasteiger partial charge in [-0.15, -0.1) is 0 Å². The van der Waals surface area contributed by atoms with Crippen LogP contribution in [0.5, 0.6) is 5.75 Å². The number of carbonyl (C=O) groups excluding carboxylic acids is 1. The first-order valence-corrected chi connectivity index (χ1v) is 6.82. The lowest BCUT2D eigenvalue weighted by Gasteiger charge is -2.14. The Labute approximate surface area is 122 Å². The molecule has 0 aliphatic rings. The van der Waals surface area contributed by atoms with E-state index in [2.05, 4.69) is 5.32 Å². The molecule has 0 saturated carbocycles. The molecule has 0 unspecified atom stereocenters. The van der Waals surface area contributed by atoms with Gasteiger partial charge >= 0.3 is 5.97 Å². The molecule has 1 amide bonds. The van der Waals surface area contributed by atoms with Crippen molar-refractivity contribution >= 4 is 23.5 Å². The molecule has 0 fully saturated rings. The number of carbonyl (C=O) groups is 2. The topological polar surface area (TPSA) is 75.6 Å². The second-order valence-corrected chi connectivity index (χ2v) is 4.73. The molecule has 0 spiro atoms. The third-order valence-electron chi connectivity index (χ3n) is 2.68. The smallest absolute Gasteiger partial charge is 0.326 e. The number of halogens is 1. The normalized spacial score (nSPS) is 11.7. The summed E-state index contributed by atoms with van der Waals surface area (Å²) in [6.07, 6.45) is 2.02. The Hall–Kier alpha value is -1.75. The Morgan fingerprint density at radius 3 is 2.70 bits per heavy atom. The first-order chi connectivity index (χ1) is 9.54. The van der Waals surface area contributed by atoms with Crippen LogP contribution >= 0.6 is 11.6 Å². The first kappa shape index (κ1) is 16.3. The van der Waals surface area contributed by atoms with E-state index < -0.39 is 17.9 Å². The van der Waals surface area contributed by atoms with Crippen molar-refractivity contribution < 1.29 is 19.4 Å². The average molecular weight is 300 g/mol. The molecule has 110 valence electrons. The molecule has 0 bridgehead atoms. The minimum Gasteiger partial charge on any atom is -0.482 e. The fraction of sp³-hybridized carbons (Fsp3) is 0.429. The number of hydrogen-bond donors (Lipinski definition) is 2. The van der Waals surface area contributed by atoms with Crippen LogP contribution in [-0.2, 0) is 9.59 Å². The predicted molar refractivity (Wildman–Crippen MR) is 76.0 cm³/mol. The van der Waals surface area contributed by atoms with Crippen LogP contribution in [0.4, 0.5) is 0 Å². The van der Waals surface area contributed by atoms with Gasteiger partial charge in [-0.2, -0.15) is 0 Å². The van der Waals surface area contributed by atoms with Crippen molar-refractivity contribution in [1.29, 1.82) is 0 Å². The molecule has 1 rings (SSSR count). The Morgan fingerprint density at radius 1 is 1.40 bits per heavy atom. The summed E-state index contributed by atoms with van der Waals surface area (Å²) < 4.78 is 5.25. The number of unbranched alkanes of at least 4 members (excludes halogenated alkanes) is 1. The van der Waals surface area contributed by atoms with Gasteiger partial charge in [0.15, 0.2) is 6.61 Å². The molecule has 0 heterocycles. The van der Waals surface area contributed by atoms with Gasteiger partial charge in [0, 0.05) is 0 Å². The van der Waals surface area contributed by atoms with Crippen molar-refractivity contribution in [2.24, 2.45) is 0 Å². The van der Waals surface area contributed by atoms with Crippen LogP contribution in [0.3, 0.4) is 0 Å². The SMILES string of the molecule is CCCC[C@H](NC(=O)COc1ccccc1Cl)C(=O)O. The van der Waals surface area contributed by atoms with E-state index in [1.165, 1.54) is 0 Å². The third kappa shape index (κ3) is 5.48. The highest BCUT2D eigenvalue weighted by Gasteiger charge is 2.19. The second kappa shape index (κ2) is 8.43. The molecular formula is C14H18ClNO4. The monoisotopic (exact) mass is 299 g/mol. The van der Waals surface area contributed by atoms with Gasteiger partial charge in [-0.25, -0.2) is 4.79 Å². The minimum atomic E-state index is -1.04. The van der Waals surface area contributed by atoms with Gasteiger partial charge in [0.25, 0.3) is 5.91 Å². The van der Waals surface area contributed by atoms with Crippen molar-refractivity contribution in [3.05, 3.63) is 29.3 Å². The summed E-state index contributed by atoms with van der Waals surface area (Å²) in [6, 6.07) is 5.90. The molecule has 1 aromatic carbocycles. The van der Waals surface area contributed by atoms with Crippen molar-refractivity contribution in [2.45, 2.75) is 32.2 Å². The van der Waals surface area contributed by atoms with Gasteiger partial charge in [0.2, 0.25) is 0 Å². The van der Waals surface area contributed by atoms with Crippen LogP contribution in [0.2, 0.25) is 5.02 Å². The molecule has 5 nitrogen and oxygen atoms in total. The molecule has 0 aliphatic carbocycles. The molecule has 0 aromatic heterocycles. The zero-order chi connectivity index (χ0) is 15.0. The summed E-state index contributed by atoms with van der Waals surface area (Å²) >= 11 is 5.88. The lowest BCUT2D eigenvalue weighted by atomic mass is 10.1. The second-order valence-electron chi connectivity index (χ2n) is 4.32. The predicted octanol–water partition coefficient (Wildman–Crippen LogP) is 2.48. The number of hydrogen-bond acceptors (Lipinski definition) is 3. The molecule has 1 aromatic rings. The van der Waals surface area contributed by atoms with E-state index in [1.807, 2.05) is 6.92 Å². The summed E-state index contributed by atoms with van der Waals surface area (Å²) in [4.78, 5) is 22.7. The average Bonchev–Trinajstić information content (AvgIpc) is 2.42. The van der Waals surface area contributed by atoms with Crippen molar-refractivity contribution in [3.8, 4) is 5.75 Å². The van der Waals surface area contributed by atoms with E-state index in [9.17, 15) is 9.59 Å². The number of amides is 1. The molecule has 1 atom stereocenters. The number of carboxylic acids is 1. The molecule has 2 N–H and O–H groups in total. The van der Waals surface area contributed by atoms with Crippen LogP contribution in [0.1, 0.15) is 26.2 Å². The molecule has 6 heteroatoms. The quantitative estimate of drug-likeness (QED) is 0.773. The van der Waals surface area contributed by atoms with Crippen molar-refractivity contribution in [1.82, 2.24) is 5.32 Å². The molecule has 0 radical (unpaired) electrons. The highest BCUT2D eigenvalue weighted by atomic mass is 35.5. The number of ether oxygens (including phenoxy) is 1. The maximum absolute atomic E-state index is 11.7. The summed E-state index contributed by atoms with van der Waals surface area (Å²) in [6.45, 7) is 1.70. The van der Waals surface area contributed by atoms with E-state index in [1.54, 1.807) is 24.3 Å². The fourth-order valence-corrected chi connectivity index (χ4v) is 1.80. The van der Waals surface area contributed by atoms with E-state index in [0.717, 1.165) is 12.8 Å². The Kier molecular flexibility index (Phi) is 6.87. The lowest BCUT2D eigenvalue weighted by Crippen LogP contribution is -2.42. The number of rotatable bonds is 8. The first-order valence-electron chi connectivity index (χ1n) is 6.44. The van der Waals surface area contributed by atoms with Crippen LogP contribution in [0.25, 0.3) is 0 Å². The Balaban J connectivity index is 2.46. The summed E-state index contributed by atoms with van der Waals surface area (Å²) in [5.74, 6) is -1.12. The van der Waals surface area contributed by atoms with E-state index in [-0.39, 0.29) is 6.61 Å². The molecule has 0 aliphatic heterocycles. The van der Waals surface area contributed by atoms with E-state index >= 15 is 0 Å². The van der Waals surface area contributed by atoms with Crippen LogP contribution in [0.15, 0.2) is 24.3 Å². The summed E-state index contributed by atoms with van der Waals surface area (Å²) in [7, 11) is 0. The third-order valence-corrected chi connectivity index (χ3v) is 2.99. The number of aliphatic carboxylic acids is 1. The largest absolute Gasteiger partial charge is 0.482 e. The van der Waals surface area contributed by atoms with E-state index in [4.69, 9.17) is 21.4 Å². The number of benzene rings is 1. The van der Waals surface area contributed by atoms with Crippen molar-refractivity contribution in [2.75, 3.05) is 6.61 Å². The fourth-order valence-electron chi connectivity index (χ4n) is 1.61. The van der Waals surface area contributed by atoms with Gasteiger partial charge in [-0.05, 0) is 18.6 Å². The number of para-hydroxylation sites is 1. The number of carboxylic acid groups (broad SMARTS) is 1. The van der Waals surface area contributed by atoms with E-state index in [0.29, 0.717) is 17.2 Å². The van der Waals surface area contributed by atoms with Crippen LogP contribution in [0, 0.1) is 0 Å². The zero-order valence-electron chi connectivity index (χ0n) is 11.3. The van der Waals surface area contributed by atoms with Gasteiger partial charge in [0.1, 0.15) is 11.8 Å². The number of nitrogens with one attached hydrogen (secondary N) is 1. The van der Waals surface area contributed by atoms with Gasteiger partial charge < -0.3 is 15.2 Å². The summed E-state index contributed by atoms with van der Waals surface area (Å²) in [5.41, 5.74) is 0. The van der Waals surface area contributed by atoms with Crippen LogP contribution in [-0.4, -0.2) is 29.6 Å². The zero-order valence-corrected chi connectivity index (χ0v) is 12.0. The lowest BCUT2D eigenvalue weighted by molar-refractivity contribution is -0.142.